The molecule has 0 radical (unpaired) electrons. The maximum atomic E-state index is 4.17. The zero-order valence-corrected chi connectivity index (χ0v) is 8.96. The number of nitrogens with one attached hydrogen (secondary N) is 2. The predicted octanol–water partition coefficient (Wildman–Crippen LogP) is 1.82. The Labute approximate surface area is 93.9 Å². The highest BCUT2D eigenvalue weighted by atomic mass is 15.1. The summed E-state index contributed by atoms with van der Waals surface area (Å²) in [6.07, 6.45) is 4.17. The molecule has 2 N–H and O–H groups in total. The minimum absolute atomic E-state index is 0.491. The molecule has 0 saturated carbocycles. The highest BCUT2D eigenvalue weighted by molar-refractivity contribution is 5.72. The number of H-pyrrole nitrogens is 1. The van der Waals surface area contributed by atoms with E-state index >= 15 is 0 Å². The highest BCUT2D eigenvalue weighted by Crippen LogP contribution is 2.40. The van der Waals surface area contributed by atoms with E-state index in [2.05, 4.69) is 33.7 Å². The highest BCUT2D eigenvalue weighted by Gasteiger charge is 2.29. The van der Waals surface area contributed by atoms with Crippen LogP contribution in [-0.2, 0) is 12.8 Å². The van der Waals surface area contributed by atoms with Gasteiger partial charge in [-0.1, -0.05) is 18.2 Å². The number of nitrogens with zero attached hydrogens (tertiary/aromatic N) is 1. The number of benzene rings is 1. The van der Waals surface area contributed by atoms with Gasteiger partial charge in [0.25, 0.3) is 0 Å². The van der Waals surface area contributed by atoms with Crippen molar-refractivity contribution in [1.82, 2.24) is 15.5 Å². The monoisotopic (exact) mass is 211 g/mol. The van der Waals surface area contributed by atoms with Gasteiger partial charge in [-0.15, -0.1) is 0 Å². The molecule has 0 bridgehead atoms. The van der Waals surface area contributed by atoms with Crippen molar-refractivity contribution in [2.75, 3.05) is 6.54 Å². The Balaban J connectivity index is 2.05. The van der Waals surface area contributed by atoms with Crippen LogP contribution in [0.15, 0.2) is 24.4 Å². The molecule has 3 heteroatoms. The van der Waals surface area contributed by atoms with Gasteiger partial charge in [-0.2, -0.15) is 5.10 Å². The van der Waals surface area contributed by atoms with Crippen LogP contribution in [0.3, 0.4) is 0 Å². The van der Waals surface area contributed by atoms with Gasteiger partial charge in [-0.25, -0.2) is 0 Å². The van der Waals surface area contributed by atoms with Gasteiger partial charge in [0.2, 0.25) is 0 Å². The Kier molecular flexibility index (Phi) is 1.57. The number of hydrogen-bond acceptors (Lipinski definition) is 2. The molecule has 2 aliphatic rings. The molecule has 4 rings (SSSR count). The maximum Gasteiger partial charge on any atom is 0.0686 e. The first-order chi connectivity index (χ1) is 7.93. The van der Waals surface area contributed by atoms with Crippen molar-refractivity contribution in [1.29, 1.82) is 0 Å². The normalized spacial score (nSPS) is 21.4. The zero-order valence-electron chi connectivity index (χ0n) is 8.96. The average Bonchev–Trinajstić information content (AvgIpc) is 2.78. The van der Waals surface area contributed by atoms with E-state index in [1.165, 1.54) is 27.9 Å². The fraction of sp³-hybridized carbons (Fsp3) is 0.308. The number of hydrogen-bond donors (Lipinski definition) is 2. The van der Waals surface area contributed by atoms with Gasteiger partial charge in [-0.05, 0) is 36.1 Å². The second-order valence-corrected chi connectivity index (χ2v) is 4.61. The van der Waals surface area contributed by atoms with Crippen LogP contribution in [0.1, 0.15) is 22.7 Å². The molecule has 16 heavy (non-hydrogen) atoms. The molecule has 80 valence electrons. The van der Waals surface area contributed by atoms with Crippen LogP contribution in [-0.4, -0.2) is 16.7 Å². The second kappa shape index (κ2) is 2.95. The molecule has 0 fully saturated rings. The van der Waals surface area contributed by atoms with E-state index in [1.54, 1.807) is 0 Å². The van der Waals surface area contributed by atoms with Crippen molar-refractivity contribution in [3.8, 4) is 11.3 Å². The van der Waals surface area contributed by atoms with Crippen LogP contribution in [0.25, 0.3) is 11.3 Å². The molecule has 1 aromatic carbocycles. The standard InChI is InChI=1S/C13H13N3/c1-2-8-4-5-14-11-6-9-7-15-16-13(9)10(3-1)12(8)11/h1-3,7,11,14H,4-6H2,(H,15,16). The summed E-state index contributed by atoms with van der Waals surface area (Å²) in [5.74, 6) is 0. The van der Waals surface area contributed by atoms with Gasteiger partial charge < -0.3 is 5.32 Å². The van der Waals surface area contributed by atoms with Gasteiger partial charge >= 0.3 is 0 Å². The first-order valence-electron chi connectivity index (χ1n) is 5.81. The Morgan fingerprint density at radius 2 is 2.25 bits per heavy atom. The smallest absolute Gasteiger partial charge is 0.0686 e. The van der Waals surface area contributed by atoms with Crippen molar-refractivity contribution < 1.29 is 0 Å². The molecule has 2 aromatic rings. The molecule has 3 nitrogen and oxygen atoms in total. The van der Waals surface area contributed by atoms with E-state index in [-0.39, 0.29) is 0 Å². The van der Waals surface area contributed by atoms with Crippen molar-refractivity contribution in [2.45, 2.75) is 18.9 Å². The van der Waals surface area contributed by atoms with Crippen molar-refractivity contribution in [3.63, 3.8) is 0 Å². The second-order valence-electron chi connectivity index (χ2n) is 4.61. The summed E-state index contributed by atoms with van der Waals surface area (Å²) in [7, 11) is 0. The topological polar surface area (TPSA) is 40.7 Å². The van der Waals surface area contributed by atoms with Gasteiger partial charge in [-0.3, -0.25) is 5.10 Å². The number of fused-ring (bicyclic) bond motifs is 2. The summed E-state index contributed by atoms with van der Waals surface area (Å²) < 4.78 is 0. The lowest BCUT2D eigenvalue weighted by Crippen LogP contribution is -2.33. The van der Waals surface area contributed by atoms with E-state index in [0.717, 1.165) is 19.4 Å². The average molecular weight is 211 g/mol. The molecule has 1 unspecified atom stereocenters. The Morgan fingerprint density at radius 3 is 3.25 bits per heavy atom. The molecule has 2 heterocycles. The molecule has 0 amide bonds. The van der Waals surface area contributed by atoms with Crippen LogP contribution in [0, 0.1) is 0 Å². The maximum absolute atomic E-state index is 4.17. The van der Waals surface area contributed by atoms with Crippen molar-refractivity contribution in [2.24, 2.45) is 0 Å². The predicted molar refractivity (Wildman–Crippen MR) is 62.2 cm³/mol. The SMILES string of the molecule is c1cc2c3c(c1)-c1[nH]ncc1CC3NCC2. The number of rotatable bonds is 0. The third kappa shape index (κ3) is 0.985. The third-order valence-corrected chi connectivity index (χ3v) is 3.74. The van der Waals surface area contributed by atoms with Gasteiger partial charge in [0.15, 0.2) is 0 Å². The summed E-state index contributed by atoms with van der Waals surface area (Å²) >= 11 is 0. The zero-order chi connectivity index (χ0) is 10.5. The van der Waals surface area contributed by atoms with Crippen LogP contribution in [0.4, 0.5) is 0 Å². The lowest BCUT2D eigenvalue weighted by atomic mass is 9.81. The molecular weight excluding hydrogens is 198 g/mol. The molecule has 0 saturated heterocycles. The van der Waals surface area contributed by atoms with E-state index < -0.39 is 0 Å². The first-order valence-corrected chi connectivity index (χ1v) is 5.81. The van der Waals surface area contributed by atoms with E-state index in [1.807, 2.05) is 6.20 Å². The quantitative estimate of drug-likeness (QED) is 0.698. The lowest BCUT2D eigenvalue weighted by molar-refractivity contribution is 0.499. The fourth-order valence-electron chi connectivity index (χ4n) is 3.04. The third-order valence-electron chi connectivity index (χ3n) is 3.74. The molecular formula is C13H13N3. The molecule has 1 atom stereocenters. The number of aromatic amines is 1. The molecule has 1 aliphatic heterocycles. The van der Waals surface area contributed by atoms with Crippen LogP contribution in [0.5, 0.6) is 0 Å². The van der Waals surface area contributed by atoms with Crippen LogP contribution >= 0.6 is 0 Å². The van der Waals surface area contributed by atoms with Crippen LogP contribution in [0.2, 0.25) is 0 Å². The fourth-order valence-corrected chi connectivity index (χ4v) is 3.04. The van der Waals surface area contributed by atoms with Crippen molar-refractivity contribution in [3.05, 3.63) is 41.1 Å². The summed E-state index contributed by atoms with van der Waals surface area (Å²) in [6, 6.07) is 7.11. The molecule has 1 aliphatic carbocycles. The summed E-state index contributed by atoms with van der Waals surface area (Å²) in [5, 5.41) is 10.9. The van der Waals surface area contributed by atoms with E-state index in [4.69, 9.17) is 0 Å². The van der Waals surface area contributed by atoms with Gasteiger partial charge in [0, 0.05) is 11.6 Å². The minimum Gasteiger partial charge on any atom is -0.309 e. The van der Waals surface area contributed by atoms with E-state index in [0.29, 0.717) is 6.04 Å². The van der Waals surface area contributed by atoms with Crippen LogP contribution < -0.4 is 5.32 Å². The minimum atomic E-state index is 0.491. The molecule has 0 spiro atoms. The largest absolute Gasteiger partial charge is 0.309 e. The summed E-state index contributed by atoms with van der Waals surface area (Å²) in [6.45, 7) is 1.09. The Bertz CT molecular complexity index is 556. The van der Waals surface area contributed by atoms with Gasteiger partial charge in [0.1, 0.15) is 0 Å². The summed E-state index contributed by atoms with van der Waals surface area (Å²) in [4.78, 5) is 0. The van der Waals surface area contributed by atoms with E-state index in [9.17, 15) is 0 Å². The Morgan fingerprint density at radius 1 is 1.25 bits per heavy atom. The molecule has 1 aromatic heterocycles. The van der Waals surface area contributed by atoms with Crippen molar-refractivity contribution >= 4 is 0 Å². The Hall–Kier alpha value is -1.61. The first kappa shape index (κ1) is 8.53. The van der Waals surface area contributed by atoms with Gasteiger partial charge in [0.05, 0.1) is 11.9 Å². The summed E-state index contributed by atoms with van der Waals surface area (Å²) in [5.41, 5.74) is 6.89. The number of aromatic nitrogens is 2. The lowest BCUT2D eigenvalue weighted by Gasteiger charge is -2.32.